The number of hydrogen-bond donors (Lipinski definition) is 6. The van der Waals surface area contributed by atoms with Crippen molar-refractivity contribution in [3.8, 4) is 0 Å². The van der Waals surface area contributed by atoms with Crippen molar-refractivity contribution in [3.05, 3.63) is 156 Å². The normalized spacial score (nSPS) is 18.6. The summed E-state index contributed by atoms with van der Waals surface area (Å²) in [7, 11) is 0. The summed E-state index contributed by atoms with van der Waals surface area (Å²) in [6.45, 7) is 17.9. The fraction of sp³-hybridized carbons (Fsp3) is 0.386. The van der Waals surface area contributed by atoms with E-state index in [1.807, 2.05) is 113 Å². The second-order valence-corrected chi connectivity index (χ2v) is 25.9. The van der Waals surface area contributed by atoms with Crippen LogP contribution in [0, 0.1) is 11.8 Å². The van der Waals surface area contributed by atoms with Crippen LogP contribution in [0.2, 0.25) is 0 Å². The topological polar surface area (TPSA) is 276 Å². The highest BCUT2D eigenvalue weighted by Gasteiger charge is 2.33. The number of pyridine rings is 4. The molecule has 2 fully saturated rings. The van der Waals surface area contributed by atoms with Crippen LogP contribution in [0.1, 0.15) is 117 Å². The average Bonchev–Trinajstić information content (AvgIpc) is 0.968. The van der Waals surface area contributed by atoms with Crippen molar-refractivity contribution in [2.24, 2.45) is 11.8 Å². The molecule has 480 valence electrons. The minimum absolute atomic E-state index is 0.0422. The SMILES string of the molecule is C[C@@H]1C[C@H](NC(=O)OC(C)(C)Cc2ccc(COC(=O)Nc3cc4ccc(C5=CCOCC5)cc4nc3C(=O)Nc3cnccc3N3C[C@H](C)C[C@H](NC(=O)OC(C)(C)C)C3)cc2)CN(c2ccncc2NC(=O)c2nc3cc(C4=CCOCC4)ccc3cc2N)C1. The number of carbonyl (C=O) groups is 5. The van der Waals surface area contributed by atoms with Crippen molar-refractivity contribution in [3.63, 3.8) is 0 Å². The molecule has 92 heavy (non-hydrogen) atoms. The zero-order valence-electron chi connectivity index (χ0n) is 53.1. The Kier molecular flexibility index (Phi) is 19.3. The molecule has 0 saturated carbocycles. The molecule has 11 rings (SSSR count). The van der Waals surface area contributed by atoms with E-state index in [-0.39, 0.29) is 53.3 Å². The first kappa shape index (κ1) is 63.9. The highest BCUT2D eigenvalue weighted by molar-refractivity contribution is 6.11. The van der Waals surface area contributed by atoms with Crippen molar-refractivity contribution in [1.29, 1.82) is 0 Å². The number of nitrogens with one attached hydrogen (secondary N) is 5. The molecule has 0 unspecified atom stereocenters. The molecule has 5 amide bonds. The number of piperidine rings is 2. The van der Waals surface area contributed by atoms with Gasteiger partial charge in [0.1, 0.15) is 17.8 Å². The fourth-order valence-corrected chi connectivity index (χ4v) is 12.5. The molecule has 3 aromatic carbocycles. The van der Waals surface area contributed by atoms with Crippen molar-refractivity contribution in [2.75, 3.05) is 84.1 Å². The Morgan fingerprint density at radius 3 is 1.63 bits per heavy atom. The lowest BCUT2D eigenvalue weighted by Gasteiger charge is -2.39. The first-order chi connectivity index (χ1) is 44.1. The van der Waals surface area contributed by atoms with E-state index in [1.54, 1.807) is 36.9 Å². The van der Waals surface area contributed by atoms with Crippen LogP contribution in [0.25, 0.3) is 33.0 Å². The first-order valence-corrected chi connectivity index (χ1v) is 31.3. The van der Waals surface area contributed by atoms with E-state index >= 15 is 0 Å². The molecule has 0 spiro atoms. The molecule has 0 aliphatic carbocycles. The summed E-state index contributed by atoms with van der Waals surface area (Å²) in [5, 5.41) is 16.5. The predicted molar refractivity (Wildman–Crippen MR) is 356 cm³/mol. The zero-order valence-corrected chi connectivity index (χ0v) is 53.1. The number of nitrogens with zero attached hydrogens (tertiary/aromatic N) is 6. The maximum atomic E-state index is 14.6. The van der Waals surface area contributed by atoms with Gasteiger partial charge in [-0.05, 0) is 142 Å². The molecule has 22 heteroatoms. The fourth-order valence-electron chi connectivity index (χ4n) is 12.5. The van der Waals surface area contributed by atoms with Crippen LogP contribution in [-0.4, -0.2) is 126 Å². The highest BCUT2D eigenvalue weighted by Crippen LogP contribution is 2.35. The molecule has 22 nitrogen and oxygen atoms in total. The summed E-state index contributed by atoms with van der Waals surface area (Å²) in [6, 6.07) is 25.9. The smallest absolute Gasteiger partial charge is 0.412 e. The van der Waals surface area contributed by atoms with Gasteiger partial charge in [-0.3, -0.25) is 24.9 Å². The number of ether oxygens (including phenoxy) is 5. The van der Waals surface area contributed by atoms with Crippen LogP contribution in [0.15, 0.2) is 122 Å². The average molecular weight is 1250 g/mol. The van der Waals surface area contributed by atoms with E-state index in [1.165, 1.54) is 5.57 Å². The Hall–Kier alpha value is -9.67. The second kappa shape index (κ2) is 27.8. The molecule has 4 aliphatic heterocycles. The van der Waals surface area contributed by atoms with Gasteiger partial charge in [0, 0.05) is 67.8 Å². The van der Waals surface area contributed by atoms with Crippen LogP contribution >= 0.6 is 0 Å². The van der Waals surface area contributed by atoms with Crippen molar-refractivity contribution in [2.45, 2.75) is 110 Å². The van der Waals surface area contributed by atoms with E-state index in [2.05, 4.69) is 66.3 Å². The lowest BCUT2D eigenvalue weighted by molar-refractivity contribution is 0.0363. The van der Waals surface area contributed by atoms with Crippen LogP contribution in [0.3, 0.4) is 0 Å². The Balaban J connectivity index is 0.704. The summed E-state index contributed by atoms with van der Waals surface area (Å²) in [6.07, 6.45) is 12.1. The molecule has 7 aromatic rings. The number of nitrogen functional groups attached to an aromatic ring is 1. The number of benzene rings is 3. The Bertz CT molecular complexity index is 3980. The third-order valence-corrected chi connectivity index (χ3v) is 16.5. The van der Waals surface area contributed by atoms with E-state index in [0.717, 1.165) is 52.6 Å². The third kappa shape index (κ3) is 16.3. The van der Waals surface area contributed by atoms with E-state index in [4.69, 9.17) is 39.4 Å². The minimum atomic E-state index is -0.914. The van der Waals surface area contributed by atoms with E-state index in [9.17, 15) is 24.0 Å². The number of amides is 5. The second-order valence-electron chi connectivity index (χ2n) is 25.9. The summed E-state index contributed by atoms with van der Waals surface area (Å²) in [5.74, 6) is -0.682. The third-order valence-electron chi connectivity index (χ3n) is 16.5. The molecular weight excluding hydrogens is 1170 g/mol. The number of fused-ring (bicyclic) bond motifs is 2. The van der Waals surface area contributed by atoms with Gasteiger partial charge < -0.3 is 60.5 Å². The van der Waals surface area contributed by atoms with Crippen molar-refractivity contribution >= 4 is 97.2 Å². The number of rotatable bonds is 16. The van der Waals surface area contributed by atoms with Crippen molar-refractivity contribution < 1.29 is 47.7 Å². The van der Waals surface area contributed by atoms with Gasteiger partial charge in [0.2, 0.25) is 0 Å². The Morgan fingerprint density at radius 1 is 0.587 bits per heavy atom. The van der Waals surface area contributed by atoms with Crippen LogP contribution in [-0.2, 0) is 36.7 Å². The summed E-state index contributed by atoms with van der Waals surface area (Å²) < 4.78 is 28.4. The molecular formula is C70H80N12O10. The van der Waals surface area contributed by atoms with Crippen LogP contribution < -0.4 is 42.1 Å². The molecule has 2 saturated heterocycles. The molecule has 0 radical (unpaired) electrons. The molecule has 7 N–H and O–H groups in total. The van der Waals surface area contributed by atoms with Gasteiger partial charge in [0.15, 0.2) is 11.4 Å². The molecule has 4 aliphatic rings. The van der Waals surface area contributed by atoms with E-state index < -0.39 is 41.3 Å². The van der Waals surface area contributed by atoms with Gasteiger partial charge in [-0.1, -0.05) is 74.5 Å². The Labute approximate surface area is 535 Å². The lowest BCUT2D eigenvalue weighted by Crippen LogP contribution is -2.51. The largest absolute Gasteiger partial charge is 0.444 e. The quantitative estimate of drug-likeness (QED) is 0.0491. The number of aromatic nitrogens is 4. The standard InChI is InChI=1S/C70H80N12O10/c1-42-28-52(74-67(86)91-69(3,4)5)39-81(37-42)61-17-23-73-36-59(61)79-65(84)63-57(33-51-15-13-49(32-56(51)77-63)47-20-26-89-27-21-47)80-66(85)90-41-45-10-8-44(9-11-45)34-70(6,7)92-68(87)75-53-29-43(2)38-82(40-53)60-16-22-72-35-58(60)78-64(83)62-54(71)30-50-14-12-48(31-55(50)76-62)46-18-24-88-25-19-46/h8-18,20,22-23,30-33,35-36,42-43,52-53H,19,21,24-29,34,37-41,71H2,1-7H3,(H,74,86)(H,75,87)(H,78,83)(H,79,84)(H,80,85)/t42-,43-,52+,53+/m1/s1. The maximum absolute atomic E-state index is 14.6. The minimum Gasteiger partial charge on any atom is -0.444 e. The van der Waals surface area contributed by atoms with Crippen molar-refractivity contribution in [1.82, 2.24) is 30.6 Å². The molecule has 4 aromatic heterocycles. The summed E-state index contributed by atoms with van der Waals surface area (Å²) in [5.41, 5.74) is 14.7. The van der Waals surface area contributed by atoms with E-state index in [0.29, 0.717) is 104 Å². The maximum Gasteiger partial charge on any atom is 0.412 e. The van der Waals surface area contributed by atoms with Gasteiger partial charge in [0.25, 0.3) is 11.8 Å². The number of carbonyl (C=O) groups excluding carboxylic acids is 5. The number of nitrogens with two attached hydrogens (primary N) is 1. The van der Waals surface area contributed by atoms with Gasteiger partial charge in [0.05, 0.1) is 84.0 Å². The number of anilines is 6. The summed E-state index contributed by atoms with van der Waals surface area (Å²) in [4.78, 5) is 91.3. The zero-order chi connectivity index (χ0) is 64.7. The number of alkyl carbamates (subject to hydrolysis) is 2. The van der Waals surface area contributed by atoms with Gasteiger partial charge in [-0.15, -0.1) is 0 Å². The molecule has 8 heterocycles. The lowest BCUT2D eigenvalue weighted by atomic mass is 9.95. The molecule has 0 bridgehead atoms. The number of hydrogen-bond acceptors (Lipinski definition) is 17. The Morgan fingerprint density at radius 2 is 1.10 bits per heavy atom. The monoisotopic (exact) mass is 1250 g/mol. The predicted octanol–water partition coefficient (Wildman–Crippen LogP) is 11.7. The summed E-state index contributed by atoms with van der Waals surface area (Å²) >= 11 is 0. The van der Waals surface area contributed by atoms with Crippen LogP contribution in [0.5, 0.6) is 0 Å². The molecule has 4 atom stereocenters. The van der Waals surface area contributed by atoms with Crippen LogP contribution in [0.4, 0.5) is 48.5 Å². The first-order valence-electron chi connectivity index (χ1n) is 31.3. The van der Waals surface area contributed by atoms with Gasteiger partial charge in [-0.25, -0.2) is 24.4 Å². The van der Waals surface area contributed by atoms with Gasteiger partial charge >= 0.3 is 18.3 Å². The van der Waals surface area contributed by atoms with Gasteiger partial charge in [-0.2, -0.15) is 0 Å². The highest BCUT2D eigenvalue weighted by atomic mass is 16.6.